The molecule has 0 atom stereocenters. The number of hydrogen-bond donors (Lipinski definition) is 1. The molecular weight excluding hydrogens is 264 g/mol. The minimum atomic E-state index is -0.818. The number of aromatic hydroxyl groups is 1. The van der Waals surface area contributed by atoms with E-state index in [0.717, 1.165) is 11.4 Å². The topological polar surface area (TPSA) is 46.0 Å². The summed E-state index contributed by atoms with van der Waals surface area (Å²) in [5, 5.41) is 11.0. The summed E-state index contributed by atoms with van der Waals surface area (Å²) >= 11 is 0. The molecule has 0 aliphatic rings. The average Bonchev–Trinajstić information content (AvgIpc) is 2.39. The first-order chi connectivity index (χ1) is 9.50. The SMILES string of the molecule is CC(C)[Si](c1cc(O)cnc1-c1ccccn1)C(C)C. The van der Waals surface area contributed by atoms with Crippen LogP contribution in [0.1, 0.15) is 27.7 Å². The summed E-state index contributed by atoms with van der Waals surface area (Å²) in [6.07, 6.45) is 3.29. The second-order valence-corrected chi connectivity index (χ2v) is 9.33. The van der Waals surface area contributed by atoms with E-state index in [1.807, 2.05) is 24.3 Å². The van der Waals surface area contributed by atoms with Gasteiger partial charge in [0.05, 0.1) is 26.4 Å². The van der Waals surface area contributed by atoms with Crippen molar-refractivity contribution in [3.8, 4) is 17.1 Å². The van der Waals surface area contributed by atoms with Gasteiger partial charge in [-0.2, -0.15) is 0 Å². The van der Waals surface area contributed by atoms with Gasteiger partial charge in [0.2, 0.25) is 0 Å². The van der Waals surface area contributed by atoms with Gasteiger partial charge in [0.25, 0.3) is 0 Å². The average molecular weight is 285 g/mol. The molecule has 105 valence electrons. The van der Waals surface area contributed by atoms with Crippen LogP contribution in [0.4, 0.5) is 0 Å². The number of hydrogen-bond acceptors (Lipinski definition) is 3. The summed E-state index contributed by atoms with van der Waals surface area (Å²) in [5.74, 6) is 0.239. The van der Waals surface area contributed by atoms with Crippen LogP contribution in [0.2, 0.25) is 11.1 Å². The first kappa shape index (κ1) is 14.7. The fraction of sp³-hybridized carbons (Fsp3) is 0.375. The van der Waals surface area contributed by atoms with Crippen molar-refractivity contribution in [2.45, 2.75) is 38.8 Å². The lowest BCUT2D eigenvalue weighted by Crippen LogP contribution is -2.37. The van der Waals surface area contributed by atoms with Crippen LogP contribution in [0, 0.1) is 0 Å². The molecule has 1 radical (unpaired) electrons. The molecule has 2 rings (SSSR count). The zero-order chi connectivity index (χ0) is 14.7. The highest BCUT2D eigenvalue weighted by Crippen LogP contribution is 2.25. The van der Waals surface area contributed by atoms with Crippen LogP contribution in [0.15, 0.2) is 36.7 Å². The van der Waals surface area contributed by atoms with E-state index in [9.17, 15) is 5.11 Å². The normalized spacial score (nSPS) is 11.6. The molecule has 0 spiro atoms. The summed E-state index contributed by atoms with van der Waals surface area (Å²) in [4.78, 5) is 8.86. The molecule has 0 amide bonds. The summed E-state index contributed by atoms with van der Waals surface area (Å²) in [5.41, 5.74) is 2.95. The predicted molar refractivity (Wildman–Crippen MR) is 84.7 cm³/mol. The van der Waals surface area contributed by atoms with Crippen molar-refractivity contribution in [1.82, 2.24) is 9.97 Å². The van der Waals surface area contributed by atoms with Crippen LogP contribution in [0.5, 0.6) is 5.75 Å². The molecule has 4 heteroatoms. The first-order valence-corrected chi connectivity index (χ1v) is 8.63. The van der Waals surface area contributed by atoms with Crippen molar-refractivity contribution in [2.75, 3.05) is 0 Å². The molecule has 0 saturated carbocycles. The van der Waals surface area contributed by atoms with Crippen LogP contribution in [-0.2, 0) is 0 Å². The second kappa shape index (κ2) is 6.18. The monoisotopic (exact) mass is 285 g/mol. The Morgan fingerprint density at radius 3 is 2.30 bits per heavy atom. The van der Waals surface area contributed by atoms with E-state index >= 15 is 0 Å². The molecule has 0 aliphatic carbocycles. The van der Waals surface area contributed by atoms with Crippen molar-refractivity contribution in [3.63, 3.8) is 0 Å². The van der Waals surface area contributed by atoms with Crippen LogP contribution in [0.3, 0.4) is 0 Å². The molecule has 0 aromatic carbocycles. The number of pyridine rings is 2. The number of aromatic nitrogens is 2. The van der Waals surface area contributed by atoms with Gasteiger partial charge >= 0.3 is 0 Å². The molecule has 2 aromatic heterocycles. The summed E-state index contributed by atoms with van der Waals surface area (Å²) < 4.78 is 0. The van der Waals surface area contributed by atoms with Crippen LogP contribution in [-0.4, -0.2) is 23.9 Å². The molecular formula is C16H21N2OSi. The second-order valence-electron chi connectivity index (χ2n) is 5.57. The predicted octanol–water partition coefficient (Wildman–Crippen LogP) is 3.37. The zero-order valence-corrected chi connectivity index (χ0v) is 13.5. The Hall–Kier alpha value is -1.68. The summed E-state index contributed by atoms with van der Waals surface area (Å²) in [6.45, 7) is 9.00. The quantitative estimate of drug-likeness (QED) is 0.876. The molecule has 20 heavy (non-hydrogen) atoms. The Bertz CT molecular complexity index is 562. The fourth-order valence-corrected chi connectivity index (χ4v) is 6.03. The van der Waals surface area contributed by atoms with Crippen LogP contribution in [0.25, 0.3) is 11.4 Å². The van der Waals surface area contributed by atoms with E-state index < -0.39 is 8.80 Å². The largest absolute Gasteiger partial charge is 0.506 e. The van der Waals surface area contributed by atoms with E-state index in [2.05, 4.69) is 37.7 Å². The van der Waals surface area contributed by atoms with Crippen LogP contribution < -0.4 is 5.19 Å². The summed E-state index contributed by atoms with van der Waals surface area (Å²) in [6, 6.07) is 7.73. The van der Waals surface area contributed by atoms with E-state index in [4.69, 9.17) is 0 Å². The highest BCUT2D eigenvalue weighted by molar-refractivity contribution is 6.76. The van der Waals surface area contributed by atoms with Gasteiger partial charge in [0.1, 0.15) is 5.75 Å². The van der Waals surface area contributed by atoms with Crippen molar-refractivity contribution < 1.29 is 5.11 Å². The Morgan fingerprint density at radius 2 is 1.75 bits per heavy atom. The van der Waals surface area contributed by atoms with Gasteiger partial charge in [-0.25, -0.2) is 0 Å². The summed E-state index contributed by atoms with van der Waals surface area (Å²) in [7, 11) is -0.818. The van der Waals surface area contributed by atoms with Gasteiger partial charge in [-0.1, -0.05) is 33.8 Å². The van der Waals surface area contributed by atoms with E-state index in [1.165, 1.54) is 11.4 Å². The molecule has 1 N–H and O–H groups in total. The number of nitrogens with zero attached hydrogens (tertiary/aromatic N) is 2. The van der Waals surface area contributed by atoms with Gasteiger partial charge in [-0.3, -0.25) is 9.97 Å². The third-order valence-corrected chi connectivity index (χ3v) is 6.83. The highest BCUT2D eigenvalue weighted by atomic mass is 28.3. The molecule has 0 bridgehead atoms. The Labute approximate surface area is 122 Å². The van der Waals surface area contributed by atoms with E-state index in [1.54, 1.807) is 6.20 Å². The van der Waals surface area contributed by atoms with Gasteiger partial charge in [-0.15, -0.1) is 0 Å². The standard InChI is InChI=1S/C16H21N2OSi/c1-11(2)20(12(3)4)15-9-13(19)10-18-16(15)14-7-5-6-8-17-14/h5-12,19H,1-4H3. The lowest BCUT2D eigenvalue weighted by Gasteiger charge is -2.25. The highest BCUT2D eigenvalue weighted by Gasteiger charge is 2.26. The molecule has 0 unspecified atom stereocenters. The third-order valence-electron chi connectivity index (χ3n) is 3.34. The molecule has 2 aromatic rings. The molecule has 0 fully saturated rings. The lowest BCUT2D eigenvalue weighted by molar-refractivity contribution is 0.473. The number of rotatable bonds is 4. The van der Waals surface area contributed by atoms with E-state index in [0.29, 0.717) is 11.1 Å². The third kappa shape index (κ3) is 3.07. The maximum atomic E-state index is 9.83. The molecule has 0 aliphatic heterocycles. The van der Waals surface area contributed by atoms with Crippen molar-refractivity contribution in [1.29, 1.82) is 0 Å². The van der Waals surface area contributed by atoms with Crippen LogP contribution >= 0.6 is 0 Å². The van der Waals surface area contributed by atoms with Gasteiger partial charge < -0.3 is 5.11 Å². The van der Waals surface area contributed by atoms with Gasteiger partial charge in [0, 0.05) is 6.20 Å². The Morgan fingerprint density at radius 1 is 1.05 bits per heavy atom. The smallest absolute Gasteiger partial charge is 0.133 e. The Balaban J connectivity index is 2.59. The van der Waals surface area contributed by atoms with Gasteiger partial charge in [0.15, 0.2) is 0 Å². The zero-order valence-electron chi connectivity index (χ0n) is 12.5. The van der Waals surface area contributed by atoms with Crippen molar-refractivity contribution >= 4 is 14.0 Å². The maximum Gasteiger partial charge on any atom is 0.133 e. The van der Waals surface area contributed by atoms with Crippen molar-refractivity contribution in [3.05, 3.63) is 36.7 Å². The minimum Gasteiger partial charge on any atom is -0.506 e. The minimum absolute atomic E-state index is 0.239. The van der Waals surface area contributed by atoms with E-state index in [-0.39, 0.29) is 5.75 Å². The molecule has 0 saturated heterocycles. The molecule has 2 heterocycles. The maximum absolute atomic E-state index is 9.83. The fourth-order valence-electron chi connectivity index (χ4n) is 2.67. The first-order valence-electron chi connectivity index (χ1n) is 6.98. The lowest BCUT2D eigenvalue weighted by atomic mass is 10.2. The molecule has 3 nitrogen and oxygen atoms in total. The van der Waals surface area contributed by atoms with Gasteiger partial charge in [-0.05, 0) is 34.5 Å². The Kier molecular flexibility index (Phi) is 4.55. The van der Waals surface area contributed by atoms with Crippen molar-refractivity contribution in [2.24, 2.45) is 0 Å².